The average Bonchev–Trinajstić information content (AvgIpc) is 2.69. The standard InChI is InChI=1S/C12H22N2S/c1-5-14(10-12(2,3)13-4)9-11-7-6-8-15-11/h6-8,13H,5,9-10H2,1-4H3. The fraction of sp³-hybridized carbons (Fsp3) is 0.667. The third-order valence-electron chi connectivity index (χ3n) is 2.70. The van der Waals surface area contributed by atoms with Crippen LogP contribution in [0.25, 0.3) is 0 Å². The first-order chi connectivity index (χ1) is 7.07. The third kappa shape index (κ3) is 4.33. The molecule has 0 aliphatic heterocycles. The van der Waals surface area contributed by atoms with Crippen LogP contribution in [0.1, 0.15) is 25.6 Å². The minimum Gasteiger partial charge on any atom is -0.314 e. The molecule has 1 heterocycles. The first-order valence-electron chi connectivity index (χ1n) is 5.51. The van der Waals surface area contributed by atoms with Crippen LogP contribution in [0.4, 0.5) is 0 Å². The van der Waals surface area contributed by atoms with Gasteiger partial charge in [-0.2, -0.15) is 0 Å². The fourth-order valence-electron chi connectivity index (χ4n) is 1.54. The minimum atomic E-state index is 0.188. The third-order valence-corrected chi connectivity index (χ3v) is 3.56. The van der Waals surface area contributed by atoms with E-state index >= 15 is 0 Å². The summed E-state index contributed by atoms with van der Waals surface area (Å²) in [5.74, 6) is 0. The van der Waals surface area contributed by atoms with Crippen molar-refractivity contribution in [1.82, 2.24) is 10.2 Å². The maximum absolute atomic E-state index is 3.35. The first kappa shape index (κ1) is 12.7. The van der Waals surface area contributed by atoms with Crippen molar-refractivity contribution in [1.29, 1.82) is 0 Å². The Kier molecular flexibility index (Phi) is 4.77. The zero-order valence-electron chi connectivity index (χ0n) is 10.2. The molecule has 0 aliphatic carbocycles. The van der Waals surface area contributed by atoms with Crippen molar-refractivity contribution in [3.63, 3.8) is 0 Å². The molecule has 0 fully saturated rings. The van der Waals surface area contributed by atoms with Crippen molar-refractivity contribution in [2.45, 2.75) is 32.9 Å². The predicted octanol–water partition coefficient (Wildman–Crippen LogP) is 2.57. The van der Waals surface area contributed by atoms with Gasteiger partial charge in [0.2, 0.25) is 0 Å². The molecule has 0 radical (unpaired) electrons. The van der Waals surface area contributed by atoms with E-state index < -0.39 is 0 Å². The highest BCUT2D eigenvalue weighted by Crippen LogP contribution is 2.13. The summed E-state index contributed by atoms with van der Waals surface area (Å²) in [6.45, 7) is 9.95. The number of likely N-dealkylation sites (N-methyl/N-ethyl adjacent to an activating group) is 2. The van der Waals surface area contributed by atoms with Crippen LogP contribution in [0.2, 0.25) is 0 Å². The maximum Gasteiger partial charge on any atom is 0.0328 e. The summed E-state index contributed by atoms with van der Waals surface area (Å²) >= 11 is 1.84. The van der Waals surface area contributed by atoms with Gasteiger partial charge in [0.15, 0.2) is 0 Å². The average molecular weight is 226 g/mol. The van der Waals surface area contributed by atoms with E-state index in [2.05, 4.69) is 48.5 Å². The zero-order valence-corrected chi connectivity index (χ0v) is 11.0. The summed E-state index contributed by atoms with van der Waals surface area (Å²) in [5, 5.41) is 5.49. The van der Waals surface area contributed by atoms with Gasteiger partial charge in [-0.05, 0) is 38.9 Å². The molecule has 0 unspecified atom stereocenters. The fourth-order valence-corrected chi connectivity index (χ4v) is 2.29. The van der Waals surface area contributed by atoms with Gasteiger partial charge in [-0.15, -0.1) is 11.3 Å². The van der Waals surface area contributed by atoms with E-state index in [0.717, 1.165) is 19.6 Å². The summed E-state index contributed by atoms with van der Waals surface area (Å²) in [5.41, 5.74) is 0.188. The monoisotopic (exact) mass is 226 g/mol. The van der Waals surface area contributed by atoms with Crippen molar-refractivity contribution < 1.29 is 0 Å². The SMILES string of the molecule is CCN(Cc1cccs1)CC(C)(C)NC. The smallest absolute Gasteiger partial charge is 0.0328 e. The van der Waals surface area contributed by atoms with E-state index in [1.807, 2.05) is 18.4 Å². The molecule has 2 nitrogen and oxygen atoms in total. The molecule has 0 bridgehead atoms. The summed E-state index contributed by atoms with van der Waals surface area (Å²) in [6.07, 6.45) is 0. The van der Waals surface area contributed by atoms with E-state index in [4.69, 9.17) is 0 Å². The lowest BCUT2D eigenvalue weighted by Gasteiger charge is -2.31. The molecule has 3 heteroatoms. The second-order valence-electron chi connectivity index (χ2n) is 4.52. The molecule has 1 aromatic rings. The Labute approximate surface area is 97.3 Å². The first-order valence-corrected chi connectivity index (χ1v) is 6.39. The largest absolute Gasteiger partial charge is 0.314 e. The Morgan fingerprint density at radius 3 is 2.67 bits per heavy atom. The van der Waals surface area contributed by atoms with Gasteiger partial charge < -0.3 is 5.32 Å². The van der Waals surface area contributed by atoms with Crippen LogP contribution >= 0.6 is 11.3 Å². The second-order valence-corrected chi connectivity index (χ2v) is 5.55. The number of nitrogens with zero attached hydrogens (tertiary/aromatic N) is 1. The van der Waals surface area contributed by atoms with Crippen LogP contribution in [0.3, 0.4) is 0 Å². The van der Waals surface area contributed by atoms with Gasteiger partial charge in [-0.25, -0.2) is 0 Å². The normalized spacial score (nSPS) is 12.3. The summed E-state index contributed by atoms with van der Waals surface area (Å²) in [4.78, 5) is 3.92. The Hall–Kier alpha value is -0.380. The number of rotatable bonds is 6. The predicted molar refractivity (Wildman–Crippen MR) is 68.4 cm³/mol. The summed E-state index contributed by atoms with van der Waals surface area (Å²) in [7, 11) is 2.03. The van der Waals surface area contributed by atoms with E-state index in [0.29, 0.717) is 0 Å². The summed E-state index contributed by atoms with van der Waals surface area (Å²) < 4.78 is 0. The van der Waals surface area contributed by atoms with E-state index in [9.17, 15) is 0 Å². The Morgan fingerprint density at radius 2 is 2.20 bits per heavy atom. The lowest BCUT2D eigenvalue weighted by molar-refractivity contribution is 0.210. The highest BCUT2D eigenvalue weighted by Gasteiger charge is 2.18. The second kappa shape index (κ2) is 5.64. The summed E-state index contributed by atoms with van der Waals surface area (Å²) in [6, 6.07) is 4.33. The van der Waals surface area contributed by atoms with Gasteiger partial charge in [0.05, 0.1) is 0 Å². The van der Waals surface area contributed by atoms with Gasteiger partial charge in [-0.1, -0.05) is 13.0 Å². The molecular weight excluding hydrogens is 204 g/mol. The molecule has 0 aromatic carbocycles. The van der Waals surface area contributed by atoms with Crippen molar-refractivity contribution in [3.05, 3.63) is 22.4 Å². The minimum absolute atomic E-state index is 0.188. The van der Waals surface area contributed by atoms with Crippen molar-refractivity contribution in [3.8, 4) is 0 Å². The Balaban J connectivity index is 2.50. The van der Waals surface area contributed by atoms with E-state index in [-0.39, 0.29) is 5.54 Å². The number of hydrogen-bond donors (Lipinski definition) is 1. The van der Waals surface area contributed by atoms with Gasteiger partial charge in [-0.3, -0.25) is 4.90 Å². The molecule has 0 spiro atoms. The molecule has 1 N–H and O–H groups in total. The van der Waals surface area contributed by atoms with E-state index in [1.165, 1.54) is 4.88 Å². The van der Waals surface area contributed by atoms with Gasteiger partial charge in [0.25, 0.3) is 0 Å². The highest BCUT2D eigenvalue weighted by atomic mass is 32.1. The lowest BCUT2D eigenvalue weighted by atomic mass is 10.1. The Morgan fingerprint density at radius 1 is 1.47 bits per heavy atom. The van der Waals surface area contributed by atoms with Gasteiger partial charge in [0.1, 0.15) is 0 Å². The quantitative estimate of drug-likeness (QED) is 0.802. The van der Waals surface area contributed by atoms with Gasteiger partial charge in [0, 0.05) is 23.5 Å². The molecule has 0 saturated heterocycles. The molecule has 0 saturated carbocycles. The van der Waals surface area contributed by atoms with Crippen molar-refractivity contribution in [2.75, 3.05) is 20.1 Å². The molecule has 1 rings (SSSR count). The maximum atomic E-state index is 3.35. The van der Waals surface area contributed by atoms with Crippen molar-refractivity contribution >= 4 is 11.3 Å². The molecule has 15 heavy (non-hydrogen) atoms. The van der Waals surface area contributed by atoms with Crippen LogP contribution in [0, 0.1) is 0 Å². The number of thiophene rings is 1. The molecule has 1 aromatic heterocycles. The van der Waals surface area contributed by atoms with Crippen molar-refractivity contribution in [2.24, 2.45) is 0 Å². The number of hydrogen-bond acceptors (Lipinski definition) is 3. The molecule has 0 atom stereocenters. The topological polar surface area (TPSA) is 15.3 Å². The van der Waals surface area contributed by atoms with Crippen LogP contribution < -0.4 is 5.32 Å². The molecule has 86 valence electrons. The van der Waals surface area contributed by atoms with Gasteiger partial charge >= 0.3 is 0 Å². The van der Waals surface area contributed by atoms with Crippen LogP contribution in [0.5, 0.6) is 0 Å². The lowest BCUT2D eigenvalue weighted by Crippen LogP contribution is -2.47. The van der Waals surface area contributed by atoms with Crippen LogP contribution in [0.15, 0.2) is 17.5 Å². The molecular formula is C12H22N2S. The van der Waals surface area contributed by atoms with Crippen LogP contribution in [-0.4, -0.2) is 30.6 Å². The molecule has 0 amide bonds. The molecule has 0 aliphatic rings. The number of nitrogens with one attached hydrogen (secondary N) is 1. The van der Waals surface area contributed by atoms with Crippen LogP contribution in [-0.2, 0) is 6.54 Å². The van der Waals surface area contributed by atoms with E-state index in [1.54, 1.807) is 0 Å². The Bertz CT molecular complexity index is 267. The highest BCUT2D eigenvalue weighted by molar-refractivity contribution is 7.09. The zero-order chi connectivity index (χ0) is 11.3.